The number of carbonyl (C=O) groups is 1. The van der Waals surface area contributed by atoms with E-state index < -0.39 is 10.0 Å². The van der Waals surface area contributed by atoms with Crippen LogP contribution in [0.25, 0.3) is 0 Å². The fourth-order valence-electron chi connectivity index (χ4n) is 2.19. The number of ketones is 1. The maximum absolute atomic E-state index is 12.5. The molecule has 2 rings (SSSR count). The molecule has 2 aromatic rings. The molecule has 23 heavy (non-hydrogen) atoms. The van der Waals surface area contributed by atoms with Crippen molar-refractivity contribution in [1.82, 2.24) is 0 Å². The Morgan fingerprint density at radius 2 is 1.65 bits per heavy atom. The van der Waals surface area contributed by atoms with Crippen molar-refractivity contribution in [2.24, 2.45) is 0 Å². The fourth-order valence-corrected chi connectivity index (χ4v) is 3.31. The number of hydrogen-bond donors (Lipinski definition) is 1. The molecule has 0 aliphatic rings. The molecule has 0 aromatic heterocycles. The van der Waals surface area contributed by atoms with Gasteiger partial charge in [-0.25, -0.2) is 8.42 Å². The molecule has 1 N–H and O–H groups in total. The third-order valence-electron chi connectivity index (χ3n) is 3.75. The van der Waals surface area contributed by atoms with Crippen molar-refractivity contribution in [2.45, 2.75) is 38.5 Å². The van der Waals surface area contributed by atoms with Gasteiger partial charge in [-0.15, -0.1) is 0 Å². The molecule has 0 bridgehead atoms. The Hall–Kier alpha value is -2.14. The second-order valence-corrected chi connectivity index (χ2v) is 7.60. The molecule has 0 saturated carbocycles. The van der Waals surface area contributed by atoms with Gasteiger partial charge in [-0.2, -0.15) is 0 Å². The Kier molecular flexibility index (Phi) is 4.90. The molecule has 2 aromatic carbocycles. The molecule has 122 valence electrons. The first-order valence-corrected chi connectivity index (χ1v) is 8.93. The Bertz CT molecular complexity index is 822. The van der Waals surface area contributed by atoms with Gasteiger partial charge in [0.25, 0.3) is 10.0 Å². The number of Topliss-reactive ketones (excluding diaryl/α,β-unsaturated/α-hetero) is 1. The highest BCUT2D eigenvalue weighted by atomic mass is 32.2. The van der Waals surface area contributed by atoms with Gasteiger partial charge in [0.15, 0.2) is 5.78 Å². The summed E-state index contributed by atoms with van der Waals surface area (Å²) >= 11 is 0. The first kappa shape index (κ1) is 17.2. The molecule has 0 amide bonds. The lowest BCUT2D eigenvalue weighted by atomic mass is 10.0. The maximum atomic E-state index is 12.5. The van der Waals surface area contributed by atoms with E-state index >= 15 is 0 Å². The van der Waals surface area contributed by atoms with Crippen molar-refractivity contribution >= 4 is 21.5 Å². The number of nitrogens with one attached hydrogen (secondary N) is 1. The van der Waals surface area contributed by atoms with Crippen LogP contribution in [0.3, 0.4) is 0 Å². The second-order valence-electron chi connectivity index (χ2n) is 5.92. The highest BCUT2D eigenvalue weighted by Gasteiger charge is 2.16. The van der Waals surface area contributed by atoms with Crippen LogP contribution in [0.1, 0.15) is 48.2 Å². The summed E-state index contributed by atoms with van der Waals surface area (Å²) in [5.74, 6) is 0.237. The lowest BCUT2D eigenvalue weighted by molar-refractivity contribution is 0.101. The SMILES string of the molecule is CC(=O)c1ccc(C)c(NS(=O)(=O)c2ccc(C(C)C)cc2)c1. The Labute approximate surface area is 137 Å². The van der Waals surface area contributed by atoms with Crippen LogP contribution in [0.2, 0.25) is 0 Å². The number of benzene rings is 2. The van der Waals surface area contributed by atoms with Crippen LogP contribution in [0.15, 0.2) is 47.4 Å². The normalized spacial score (nSPS) is 11.5. The fraction of sp³-hybridized carbons (Fsp3) is 0.278. The number of carbonyl (C=O) groups excluding carboxylic acids is 1. The number of anilines is 1. The molecular weight excluding hydrogens is 310 g/mol. The summed E-state index contributed by atoms with van der Waals surface area (Å²) in [6.45, 7) is 7.36. The van der Waals surface area contributed by atoms with Gasteiger partial charge >= 0.3 is 0 Å². The molecule has 5 heteroatoms. The van der Waals surface area contributed by atoms with Crippen molar-refractivity contribution in [1.29, 1.82) is 0 Å². The van der Waals surface area contributed by atoms with Gasteiger partial charge in [0, 0.05) is 5.56 Å². The summed E-state index contributed by atoms with van der Waals surface area (Å²) in [4.78, 5) is 11.7. The quantitative estimate of drug-likeness (QED) is 0.838. The van der Waals surface area contributed by atoms with E-state index in [0.717, 1.165) is 11.1 Å². The standard InChI is InChI=1S/C18H21NO3S/c1-12(2)15-7-9-17(10-8-15)23(21,22)19-18-11-16(14(4)20)6-5-13(18)3/h5-12,19H,1-4H3. The first-order valence-electron chi connectivity index (χ1n) is 7.45. The number of hydrogen-bond acceptors (Lipinski definition) is 3. The van der Waals surface area contributed by atoms with Crippen LogP contribution in [0.4, 0.5) is 5.69 Å². The van der Waals surface area contributed by atoms with Crippen molar-refractivity contribution < 1.29 is 13.2 Å². The minimum atomic E-state index is -3.68. The first-order chi connectivity index (χ1) is 10.7. The molecule has 0 spiro atoms. The van der Waals surface area contributed by atoms with Crippen molar-refractivity contribution in [3.8, 4) is 0 Å². The topological polar surface area (TPSA) is 63.2 Å². The van der Waals surface area contributed by atoms with Gasteiger partial charge < -0.3 is 0 Å². The average molecular weight is 331 g/mol. The van der Waals surface area contributed by atoms with Crippen molar-refractivity contribution in [3.05, 3.63) is 59.2 Å². The predicted octanol–water partition coefficient (Wildman–Crippen LogP) is 4.12. The van der Waals surface area contributed by atoms with E-state index in [1.807, 2.05) is 12.1 Å². The Morgan fingerprint density at radius 3 is 2.17 bits per heavy atom. The molecule has 0 aliphatic carbocycles. The van der Waals surface area contributed by atoms with Crippen LogP contribution in [-0.2, 0) is 10.0 Å². The van der Waals surface area contributed by atoms with E-state index in [1.54, 1.807) is 37.3 Å². The van der Waals surface area contributed by atoms with Crippen molar-refractivity contribution in [3.63, 3.8) is 0 Å². The van der Waals surface area contributed by atoms with Gasteiger partial charge in [0.05, 0.1) is 10.6 Å². The van der Waals surface area contributed by atoms with E-state index in [4.69, 9.17) is 0 Å². The average Bonchev–Trinajstić information content (AvgIpc) is 2.49. The molecule has 0 fully saturated rings. The molecule has 0 unspecified atom stereocenters. The van der Waals surface area contributed by atoms with Gasteiger partial charge in [-0.1, -0.05) is 38.1 Å². The van der Waals surface area contributed by atoms with E-state index in [0.29, 0.717) is 17.2 Å². The molecule has 4 nitrogen and oxygen atoms in total. The van der Waals surface area contributed by atoms with Gasteiger partial charge in [-0.05, 0) is 49.1 Å². The summed E-state index contributed by atoms with van der Waals surface area (Å²) in [6.07, 6.45) is 0. The predicted molar refractivity (Wildman–Crippen MR) is 92.5 cm³/mol. The Morgan fingerprint density at radius 1 is 1.04 bits per heavy atom. The highest BCUT2D eigenvalue weighted by molar-refractivity contribution is 7.92. The van der Waals surface area contributed by atoms with E-state index in [2.05, 4.69) is 18.6 Å². The van der Waals surface area contributed by atoms with Crippen LogP contribution in [0, 0.1) is 6.92 Å². The molecule has 0 saturated heterocycles. The zero-order chi connectivity index (χ0) is 17.2. The molecule has 0 heterocycles. The van der Waals surface area contributed by atoms with E-state index in [1.165, 1.54) is 6.92 Å². The zero-order valence-electron chi connectivity index (χ0n) is 13.8. The molecule has 0 atom stereocenters. The van der Waals surface area contributed by atoms with Crippen LogP contribution >= 0.6 is 0 Å². The molecule has 0 radical (unpaired) electrons. The third kappa shape index (κ3) is 3.99. The number of rotatable bonds is 5. The number of aryl methyl sites for hydroxylation is 1. The minimum Gasteiger partial charge on any atom is -0.295 e. The smallest absolute Gasteiger partial charge is 0.261 e. The van der Waals surface area contributed by atoms with Crippen molar-refractivity contribution in [2.75, 3.05) is 4.72 Å². The highest BCUT2D eigenvalue weighted by Crippen LogP contribution is 2.23. The lowest BCUT2D eigenvalue weighted by Gasteiger charge is -2.12. The summed E-state index contributed by atoms with van der Waals surface area (Å²) in [5.41, 5.74) is 2.74. The minimum absolute atomic E-state index is 0.105. The van der Waals surface area contributed by atoms with E-state index in [-0.39, 0.29) is 10.7 Å². The van der Waals surface area contributed by atoms with Crippen LogP contribution in [-0.4, -0.2) is 14.2 Å². The third-order valence-corrected chi connectivity index (χ3v) is 5.13. The van der Waals surface area contributed by atoms with Gasteiger partial charge in [0.2, 0.25) is 0 Å². The number of sulfonamides is 1. The molecular formula is C18H21NO3S. The summed E-state index contributed by atoms with van der Waals surface area (Å²) < 4.78 is 27.6. The summed E-state index contributed by atoms with van der Waals surface area (Å²) in [6, 6.07) is 11.8. The summed E-state index contributed by atoms with van der Waals surface area (Å²) in [5, 5.41) is 0. The second kappa shape index (κ2) is 6.54. The van der Waals surface area contributed by atoms with Gasteiger partial charge in [-0.3, -0.25) is 9.52 Å². The monoisotopic (exact) mass is 331 g/mol. The Balaban J connectivity index is 2.34. The maximum Gasteiger partial charge on any atom is 0.261 e. The molecule has 0 aliphatic heterocycles. The van der Waals surface area contributed by atoms with Crippen LogP contribution in [0.5, 0.6) is 0 Å². The largest absolute Gasteiger partial charge is 0.295 e. The lowest BCUT2D eigenvalue weighted by Crippen LogP contribution is -2.14. The van der Waals surface area contributed by atoms with Gasteiger partial charge in [0.1, 0.15) is 0 Å². The van der Waals surface area contributed by atoms with Crippen LogP contribution < -0.4 is 4.72 Å². The van der Waals surface area contributed by atoms with E-state index in [9.17, 15) is 13.2 Å². The zero-order valence-corrected chi connectivity index (χ0v) is 14.6. The summed E-state index contributed by atoms with van der Waals surface area (Å²) in [7, 11) is -3.68.